The number of aliphatic hydroxyl groups is 1. The minimum atomic E-state index is -0.901. The lowest BCUT2D eigenvalue weighted by Gasteiger charge is -2.22. The molecule has 3 N–H and O–H groups in total. The zero-order valence-corrected chi connectivity index (χ0v) is 15.1. The maximum Gasteiger partial charge on any atom is 0.191 e. The summed E-state index contributed by atoms with van der Waals surface area (Å²) in [7, 11) is 0. The molecule has 0 saturated carbocycles. The van der Waals surface area contributed by atoms with Crippen molar-refractivity contribution in [3.63, 3.8) is 0 Å². The van der Waals surface area contributed by atoms with E-state index < -0.39 is 5.60 Å². The summed E-state index contributed by atoms with van der Waals surface area (Å²) < 4.78 is 13.2. The fraction of sp³-hybridized carbons (Fsp3) is 0.381. The van der Waals surface area contributed by atoms with Crippen molar-refractivity contribution in [2.45, 2.75) is 31.8 Å². The molecule has 4 nitrogen and oxygen atoms in total. The number of aliphatic imine (C=N–C) groups is 1. The lowest BCUT2D eigenvalue weighted by atomic mass is 9.96. The molecule has 0 fully saturated rings. The van der Waals surface area contributed by atoms with Crippen molar-refractivity contribution in [2.24, 2.45) is 4.99 Å². The zero-order chi connectivity index (χ0) is 18.4. The molecule has 0 spiro atoms. The lowest BCUT2D eigenvalue weighted by molar-refractivity contribution is 0.0485. The van der Waals surface area contributed by atoms with Gasteiger partial charge in [0.15, 0.2) is 5.96 Å². The second kappa shape index (κ2) is 8.32. The van der Waals surface area contributed by atoms with Crippen LogP contribution in [0, 0.1) is 5.82 Å². The summed E-state index contributed by atoms with van der Waals surface area (Å²) in [6.45, 7) is 3.70. The number of benzene rings is 2. The van der Waals surface area contributed by atoms with E-state index in [0.717, 1.165) is 24.1 Å². The first kappa shape index (κ1) is 18.4. The molecule has 1 atom stereocenters. The van der Waals surface area contributed by atoms with Crippen LogP contribution >= 0.6 is 0 Å². The van der Waals surface area contributed by atoms with Crippen LogP contribution in [0.2, 0.25) is 0 Å². The van der Waals surface area contributed by atoms with Crippen LogP contribution in [0.4, 0.5) is 4.39 Å². The van der Waals surface area contributed by atoms with Gasteiger partial charge >= 0.3 is 0 Å². The number of nitrogens with one attached hydrogen (secondary N) is 2. The third-order valence-corrected chi connectivity index (χ3v) is 4.76. The normalized spacial score (nSPS) is 19.3. The van der Waals surface area contributed by atoms with Gasteiger partial charge in [0.25, 0.3) is 0 Å². The number of guanidine groups is 1. The number of fused-ring (bicyclic) bond motifs is 1. The standard InChI is InChI=1S/C21H26FN3O/c1-2-23-20(24-13-11-16-6-5-8-18(22)14-16)25-15-21(26)12-10-17-7-3-4-9-19(17)21/h3-9,14,26H,2,10-13,15H2,1H3,(H2,23,24,25). The van der Waals surface area contributed by atoms with E-state index in [9.17, 15) is 9.50 Å². The van der Waals surface area contributed by atoms with Crippen LogP contribution in [0.25, 0.3) is 0 Å². The van der Waals surface area contributed by atoms with Crippen LogP contribution in [0.15, 0.2) is 53.5 Å². The highest BCUT2D eigenvalue weighted by molar-refractivity contribution is 5.79. The second-order valence-corrected chi connectivity index (χ2v) is 6.69. The maximum absolute atomic E-state index is 13.2. The SMILES string of the molecule is CCNC(=NCC1(O)CCc2ccccc21)NCCc1cccc(F)c1. The molecular weight excluding hydrogens is 329 g/mol. The Labute approximate surface area is 154 Å². The van der Waals surface area contributed by atoms with E-state index in [1.165, 1.54) is 11.6 Å². The molecule has 2 aromatic rings. The lowest BCUT2D eigenvalue weighted by Crippen LogP contribution is -2.39. The van der Waals surface area contributed by atoms with Crippen LogP contribution in [-0.4, -0.2) is 30.7 Å². The van der Waals surface area contributed by atoms with E-state index in [2.05, 4.69) is 21.7 Å². The monoisotopic (exact) mass is 355 g/mol. The van der Waals surface area contributed by atoms with Gasteiger partial charge in [-0.2, -0.15) is 0 Å². The largest absolute Gasteiger partial charge is 0.383 e. The molecule has 0 amide bonds. The van der Waals surface area contributed by atoms with Crippen molar-refractivity contribution in [1.82, 2.24) is 10.6 Å². The van der Waals surface area contributed by atoms with E-state index in [4.69, 9.17) is 0 Å². The van der Waals surface area contributed by atoms with Gasteiger partial charge in [-0.25, -0.2) is 9.38 Å². The molecule has 1 aliphatic rings. The Kier molecular flexibility index (Phi) is 5.89. The average molecular weight is 355 g/mol. The minimum Gasteiger partial charge on any atom is -0.383 e. The van der Waals surface area contributed by atoms with Gasteiger partial charge in [0, 0.05) is 13.1 Å². The zero-order valence-electron chi connectivity index (χ0n) is 15.1. The van der Waals surface area contributed by atoms with E-state index in [0.29, 0.717) is 31.9 Å². The fourth-order valence-electron chi connectivity index (χ4n) is 3.40. The van der Waals surface area contributed by atoms with Crippen LogP contribution in [0.3, 0.4) is 0 Å². The summed E-state index contributed by atoms with van der Waals surface area (Å²) in [5.74, 6) is 0.451. The van der Waals surface area contributed by atoms with Gasteiger partial charge in [0.1, 0.15) is 11.4 Å². The topological polar surface area (TPSA) is 56.7 Å². The molecule has 26 heavy (non-hydrogen) atoms. The Morgan fingerprint density at radius 3 is 2.85 bits per heavy atom. The molecule has 0 aromatic heterocycles. The first-order valence-corrected chi connectivity index (χ1v) is 9.18. The molecule has 2 aromatic carbocycles. The molecule has 0 radical (unpaired) electrons. The smallest absolute Gasteiger partial charge is 0.191 e. The first-order chi connectivity index (χ1) is 12.6. The number of halogens is 1. The van der Waals surface area contributed by atoms with Crippen molar-refractivity contribution >= 4 is 5.96 Å². The van der Waals surface area contributed by atoms with Gasteiger partial charge in [-0.05, 0) is 55.0 Å². The number of aryl methyl sites for hydroxylation is 1. The number of hydrogen-bond donors (Lipinski definition) is 3. The van der Waals surface area contributed by atoms with Gasteiger partial charge in [0.05, 0.1) is 6.54 Å². The molecule has 138 valence electrons. The van der Waals surface area contributed by atoms with Crippen LogP contribution in [0.5, 0.6) is 0 Å². The van der Waals surface area contributed by atoms with Crippen molar-refractivity contribution in [3.8, 4) is 0 Å². The number of nitrogens with zero attached hydrogens (tertiary/aromatic N) is 1. The van der Waals surface area contributed by atoms with Crippen LogP contribution < -0.4 is 10.6 Å². The van der Waals surface area contributed by atoms with Crippen molar-refractivity contribution in [3.05, 3.63) is 71.0 Å². The summed E-state index contributed by atoms with van der Waals surface area (Å²) in [6, 6.07) is 14.6. The summed E-state index contributed by atoms with van der Waals surface area (Å²) in [4.78, 5) is 4.59. The van der Waals surface area contributed by atoms with E-state index in [1.807, 2.05) is 31.2 Å². The fourth-order valence-corrected chi connectivity index (χ4v) is 3.40. The predicted molar refractivity (Wildman–Crippen MR) is 103 cm³/mol. The predicted octanol–water partition coefficient (Wildman–Crippen LogP) is 2.76. The average Bonchev–Trinajstić information content (AvgIpc) is 2.98. The molecule has 3 rings (SSSR count). The van der Waals surface area contributed by atoms with Gasteiger partial charge in [-0.15, -0.1) is 0 Å². The second-order valence-electron chi connectivity index (χ2n) is 6.69. The van der Waals surface area contributed by atoms with Gasteiger partial charge < -0.3 is 15.7 Å². The summed E-state index contributed by atoms with van der Waals surface area (Å²) in [6.07, 6.45) is 2.28. The Morgan fingerprint density at radius 2 is 2.04 bits per heavy atom. The Hall–Kier alpha value is -2.40. The van der Waals surface area contributed by atoms with Gasteiger partial charge in [0.2, 0.25) is 0 Å². The Bertz CT molecular complexity index is 777. The highest BCUT2D eigenvalue weighted by Gasteiger charge is 2.36. The Balaban J connectivity index is 1.61. The molecule has 1 unspecified atom stereocenters. The van der Waals surface area contributed by atoms with Crippen molar-refractivity contribution in [2.75, 3.05) is 19.6 Å². The van der Waals surface area contributed by atoms with Crippen LogP contribution in [0.1, 0.15) is 30.0 Å². The molecule has 1 aliphatic carbocycles. The molecule has 0 aliphatic heterocycles. The van der Waals surface area contributed by atoms with E-state index in [1.54, 1.807) is 12.1 Å². The van der Waals surface area contributed by atoms with Crippen LogP contribution in [-0.2, 0) is 18.4 Å². The maximum atomic E-state index is 13.2. The summed E-state index contributed by atoms with van der Waals surface area (Å²) >= 11 is 0. The van der Waals surface area contributed by atoms with E-state index in [-0.39, 0.29) is 5.82 Å². The number of hydrogen-bond acceptors (Lipinski definition) is 2. The molecular formula is C21H26FN3O. The molecule has 0 saturated heterocycles. The Morgan fingerprint density at radius 1 is 1.19 bits per heavy atom. The van der Waals surface area contributed by atoms with Crippen molar-refractivity contribution < 1.29 is 9.50 Å². The molecule has 5 heteroatoms. The highest BCUT2D eigenvalue weighted by Crippen LogP contribution is 2.36. The third kappa shape index (κ3) is 4.41. The van der Waals surface area contributed by atoms with Gasteiger partial charge in [-0.3, -0.25) is 0 Å². The van der Waals surface area contributed by atoms with E-state index >= 15 is 0 Å². The summed E-state index contributed by atoms with van der Waals surface area (Å²) in [5, 5.41) is 17.4. The minimum absolute atomic E-state index is 0.217. The molecule has 0 heterocycles. The summed E-state index contributed by atoms with van der Waals surface area (Å²) in [5.41, 5.74) is 2.23. The first-order valence-electron chi connectivity index (χ1n) is 9.18. The quantitative estimate of drug-likeness (QED) is 0.552. The third-order valence-electron chi connectivity index (χ3n) is 4.76. The molecule has 0 bridgehead atoms. The number of rotatable bonds is 6. The highest BCUT2D eigenvalue weighted by atomic mass is 19.1. The van der Waals surface area contributed by atoms with Gasteiger partial charge in [-0.1, -0.05) is 36.4 Å². The van der Waals surface area contributed by atoms with Crippen molar-refractivity contribution in [1.29, 1.82) is 0 Å².